The smallest absolute Gasteiger partial charge is 0.312 e. The maximum atomic E-state index is 11.1. The highest BCUT2D eigenvalue weighted by atomic mass is 32.1. The molecule has 0 saturated heterocycles. The zero-order chi connectivity index (χ0) is 14.3. The van der Waals surface area contributed by atoms with E-state index < -0.39 is 16.8 Å². The van der Waals surface area contributed by atoms with Gasteiger partial charge in [0.2, 0.25) is 0 Å². The molecule has 1 heterocycles. The van der Waals surface area contributed by atoms with Crippen LogP contribution in [0.3, 0.4) is 0 Å². The third kappa shape index (κ3) is 2.05. The predicted octanol–water partition coefficient (Wildman–Crippen LogP) is 2.83. The molecule has 0 fully saturated rings. The van der Waals surface area contributed by atoms with Gasteiger partial charge in [0.25, 0.3) is 5.69 Å². The summed E-state index contributed by atoms with van der Waals surface area (Å²) in [6.07, 6.45) is 1.33. The number of nitro groups is 1. The summed E-state index contributed by atoms with van der Waals surface area (Å²) >= 11 is 1.47. The number of hydrogen-bond donors (Lipinski definition) is 1. The van der Waals surface area contributed by atoms with Crippen molar-refractivity contribution in [3.63, 3.8) is 0 Å². The lowest BCUT2D eigenvalue weighted by Crippen LogP contribution is -2.08. The molecule has 20 heavy (non-hydrogen) atoms. The van der Waals surface area contributed by atoms with Crippen LogP contribution in [-0.2, 0) is 11.2 Å². The van der Waals surface area contributed by atoms with Gasteiger partial charge in [-0.15, -0.1) is 11.3 Å². The fourth-order valence-electron chi connectivity index (χ4n) is 2.32. The van der Waals surface area contributed by atoms with Gasteiger partial charge in [0, 0.05) is 22.6 Å². The van der Waals surface area contributed by atoms with Crippen molar-refractivity contribution < 1.29 is 14.8 Å². The van der Waals surface area contributed by atoms with Crippen LogP contribution < -0.4 is 0 Å². The number of benzene rings is 1. The minimum absolute atomic E-state index is 0.0289. The summed E-state index contributed by atoms with van der Waals surface area (Å²) in [6.45, 7) is 0. The summed E-state index contributed by atoms with van der Waals surface area (Å²) in [7, 11) is 0. The zero-order valence-corrected chi connectivity index (χ0v) is 11.1. The molecule has 0 spiro atoms. The van der Waals surface area contributed by atoms with Gasteiger partial charge in [-0.05, 0) is 25.0 Å². The minimum atomic E-state index is -0.843. The van der Waals surface area contributed by atoms with Gasteiger partial charge in [-0.25, -0.2) is 4.98 Å². The van der Waals surface area contributed by atoms with Crippen LogP contribution in [0.4, 0.5) is 5.69 Å². The topological polar surface area (TPSA) is 93.3 Å². The first-order valence-corrected chi connectivity index (χ1v) is 6.85. The Bertz CT molecular complexity index is 693. The van der Waals surface area contributed by atoms with Crippen LogP contribution in [0.5, 0.6) is 0 Å². The van der Waals surface area contributed by atoms with Crippen LogP contribution in [0.15, 0.2) is 24.3 Å². The summed E-state index contributed by atoms with van der Waals surface area (Å²) in [5, 5.41) is 20.5. The summed E-state index contributed by atoms with van der Waals surface area (Å²) in [4.78, 5) is 26.7. The van der Waals surface area contributed by atoms with E-state index in [9.17, 15) is 14.9 Å². The molecule has 1 unspecified atom stereocenters. The molecule has 1 N–H and O–H groups in total. The first-order chi connectivity index (χ1) is 9.56. The van der Waals surface area contributed by atoms with Crippen LogP contribution in [0.1, 0.15) is 22.9 Å². The van der Waals surface area contributed by atoms with Crippen molar-refractivity contribution in [2.24, 2.45) is 0 Å². The standard InChI is InChI=1S/C13H10N2O4S/c16-13(17)9-5-6-10-11(9)14-12(20-10)7-1-3-8(4-2-7)15(18)19/h1-4,9H,5-6H2,(H,16,17). The number of thiazole rings is 1. The predicted molar refractivity (Wildman–Crippen MR) is 72.9 cm³/mol. The number of nitro benzene ring substituents is 1. The second-order valence-corrected chi connectivity index (χ2v) is 5.64. The normalized spacial score (nSPS) is 16.9. The van der Waals surface area contributed by atoms with Gasteiger partial charge in [-0.1, -0.05) is 0 Å². The summed E-state index contributed by atoms with van der Waals surface area (Å²) in [5.74, 6) is -1.36. The average molecular weight is 290 g/mol. The number of carboxylic acids is 1. The van der Waals surface area contributed by atoms with Crippen molar-refractivity contribution >= 4 is 23.0 Å². The highest BCUT2D eigenvalue weighted by Crippen LogP contribution is 2.39. The Morgan fingerprint density at radius 1 is 1.40 bits per heavy atom. The maximum absolute atomic E-state index is 11.1. The lowest BCUT2D eigenvalue weighted by Gasteiger charge is -2.01. The molecule has 6 nitrogen and oxygen atoms in total. The van der Waals surface area contributed by atoms with E-state index in [0.29, 0.717) is 12.1 Å². The maximum Gasteiger partial charge on any atom is 0.312 e. The summed E-state index contributed by atoms with van der Waals surface area (Å²) in [5.41, 5.74) is 1.45. The van der Waals surface area contributed by atoms with Gasteiger partial charge in [0.1, 0.15) is 10.9 Å². The SMILES string of the molecule is O=C(O)C1CCc2sc(-c3ccc([N+](=O)[O-])cc3)nc21. The van der Waals surface area contributed by atoms with Crippen LogP contribution in [-0.4, -0.2) is 21.0 Å². The Morgan fingerprint density at radius 3 is 2.70 bits per heavy atom. The highest BCUT2D eigenvalue weighted by molar-refractivity contribution is 7.15. The molecule has 0 aliphatic heterocycles. The number of aliphatic carboxylic acids is 1. The quantitative estimate of drug-likeness (QED) is 0.693. The Labute approximate surface area is 117 Å². The van der Waals surface area contributed by atoms with Crippen molar-refractivity contribution in [2.45, 2.75) is 18.8 Å². The van der Waals surface area contributed by atoms with Crippen LogP contribution >= 0.6 is 11.3 Å². The lowest BCUT2D eigenvalue weighted by molar-refractivity contribution is -0.384. The second kappa shape index (κ2) is 4.68. The number of carbonyl (C=O) groups is 1. The van der Waals surface area contributed by atoms with E-state index in [1.165, 1.54) is 23.5 Å². The Hall–Kier alpha value is -2.28. The van der Waals surface area contributed by atoms with Gasteiger partial charge in [0.05, 0.1) is 10.6 Å². The van der Waals surface area contributed by atoms with Gasteiger partial charge >= 0.3 is 5.97 Å². The van der Waals surface area contributed by atoms with Crippen molar-refractivity contribution in [1.82, 2.24) is 4.98 Å². The molecule has 1 aromatic heterocycles. The number of carboxylic acid groups (broad SMARTS) is 1. The van der Waals surface area contributed by atoms with Crippen molar-refractivity contribution in [1.29, 1.82) is 0 Å². The van der Waals surface area contributed by atoms with E-state index in [4.69, 9.17) is 5.11 Å². The zero-order valence-electron chi connectivity index (χ0n) is 10.3. The van der Waals surface area contributed by atoms with Crippen LogP contribution in [0.2, 0.25) is 0 Å². The molecular weight excluding hydrogens is 280 g/mol. The molecule has 2 aromatic rings. The van der Waals surface area contributed by atoms with Crippen molar-refractivity contribution in [3.8, 4) is 10.6 Å². The number of aryl methyl sites for hydroxylation is 1. The molecule has 0 bridgehead atoms. The third-order valence-corrected chi connectivity index (χ3v) is 4.52. The number of non-ortho nitro benzene ring substituents is 1. The second-order valence-electron chi connectivity index (χ2n) is 4.56. The van der Waals surface area contributed by atoms with Gasteiger partial charge in [0.15, 0.2) is 0 Å². The molecule has 0 radical (unpaired) electrons. The molecule has 1 aliphatic rings. The molecule has 1 aromatic carbocycles. The number of aromatic nitrogens is 1. The monoisotopic (exact) mass is 290 g/mol. The number of nitrogens with zero attached hydrogens (tertiary/aromatic N) is 2. The first-order valence-electron chi connectivity index (χ1n) is 6.03. The third-order valence-electron chi connectivity index (χ3n) is 3.34. The fraction of sp³-hybridized carbons (Fsp3) is 0.231. The van der Waals surface area contributed by atoms with E-state index in [0.717, 1.165) is 21.9 Å². The molecule has 3 rings (SSSR count). The summed E-state index contributed by atoms with van der Waals surface area (Å²) in [6, 6.07) is 6.14. The van der Waals surface area contributed by atoms with Crippen LogP contribution in [0.25, 0.3) is 10.6 Å². The number of hydrogen-bond acceptors (Lipinski definition) is 5. The molecular formula is C13H10N2O4S. The molecule has 1 aliphatic carbocycles. The first kappa shape index (κ1) is 12.7. The van der Waals surface area contributed by atoms with E-state index >= 15 is 0 Å². The Balaban J connectivity index is 1.94. The molecule has 0 amide bonds. The van der Waals surface area contributed by atoms with Gasteiger partial charge < -0.3 is 5.11 Å². The lowest BCUT2D eigenvalue weighted by atomic mass is 10.1. The Kier molecular flexibility index (Phi) is 2.98. The van der Waals surface area contributed by atoms with E-state index in [1.54, 1.807) is 12.1 Å². The van der Waals surface area contributed by atoms with E-state index in [-0.39, 0.29) is 5.69 Å². The minimum Gasteiger partial charge on any atom is -0.481 e. The van der Waals surface area contributed by atoms with Crippen LogP contribution in [0, 0.1) is 10.1 Å². The fourth-order valence-corrected chi connectivity index (χ4v) is 3.46. The highest BCUT2D eigenvalue weighted by Gasteiger charge is 2.32. The largest absolute Gasteiger partial charge is 0.481 e. The Morgan fingerprint density at radius 2 is 2.10 bits per heavy atom. The molecule has 1 atom stereocenters. The van der Waals surface area contributed by atoms with Gasteiger partial charge in [-0.3, -0.25) is 14.9 Å². The molecule has 7 heteroatoms. The van der Waals surface area contributed by atoms with Crippen molar-refractivity contribution in [3.05, 3.63) is 45.0 Å². The van der Waals surface area contributed by atoms with E-state index in [2.05, 4.69) is 4.98 Å². The number of rotatable bonds is 3. The number of fused-ring (bicyclic) bond motifs is 1. The average Bonchev–Trinajstić information content (AvgIpc) is 2.97. The van der Waals surface area contributed by atoms with Gasteiger partial charge in [-0.2, -0.15) is 0 Å². The molecule has 102 valence electrons. The van der Waals surface area contributed by atoms with E-state index in [1.807, 2.05) is 0 Å². The van der Waals surface area contributed by atoms with Crippen molar-refractivity contribution in [2.75, 3.05) is 0 Å². The molecule has 0 saturated carbocycles. The summed E-state index contributed by atoms with van der Waals surface area (Å²) < 4.78 is 0.